The van der Waals surface area contributed by atoms with Crippen LogP contribution < -0.4 is 10.1 Å². The molecule has 0 aromatic heterocycles. The Morgan fingerprint density at radius 2 is 1.86 bits per heavy atom. The van der Waals surface area contributed by atoms with Crippen LogP contribution in [-0.2, 0) is 14.8 Å². The third kappa shape index (κ3) is 6.03. The van der Waals surface area contributed by atoms with Gasteiger partial charge in [-0.15, -0.1) is 0 Å². The van der Waals surface area contributed by atoms with E-state index >= 15 is 0 Å². The van der Waals surface area contributed by atoms with Crippen LogP contribution in [0.2, 0.25) is 0 Å². The van der Waals surface area contributed by atoms with Crippen LogP contribution in [0.4, 0.5) is 5.69 Å². The number of benzene rings is 1. The van der Waals surface area contributed by atoms with Crippen LogP contribution in [0.5, 0.6) is 5.75 Å². The maximum absolute atomic E-state index is 11.9. The lowest BCUT2D eigenvalue weighted by Gasteiger charge is -2.23. The quantitative estimate of drug-likeness (QED) is 0.793. The zero-order chi connectivity index (χ0) is 16.8. The first-order valence-electron chi connectivity index (χ1n) is 7.23. The summed E-state index contributed by atoms with van der Waals surface area (Å²) in [4.78, 5) is 11.9. The molecular formula is C15H24N2O4S. The molecule has 0 aliphatic heterocycles. The predicted molar refractivity (Wildman–Crippen MR) is 87.5 cm³/mol. The predicted octanol–water partition coefficient (Wildman–Crippen LogP) is 2.08. The van der Waals surface area contributed by atoms with Gasteiger partial charge in [-0.2, -0.15) is 4.31 Å². The van der Waals surface area contributed by atoms with Crippen molar-refractivity contribution >= 4 is 21.6 Å². The fourth-order valence-electron chi connectivity index (χ4n) is 2.04. The van der Waals surface area contributed by atoms with Crippen molar-refractivity contribution < 1.29 is 17.9 Å². The maximum atomic E-state index is 11.9. The molecule has 0 saturated heterocycles. The molecule has 0 radical (unpaired) electrons. The summed E-state index contributed by atoms with van der Waals surface area (Å²) < 4.78 is 29.9. The second kappa shape index (κ2) is 8.14. The molecular weight excluding hydrogens is 304 g/mol. The van der Waals surface area contributed by atoms with Gasteiger partial charge in [-0.3, -0.25) is 4.79 Å². The SMILES string of the molecule is CCOc1ccc(NC(=O)CCN(C(C)C)S(C)(=O)=O)cc1. The highest BCUT2D eigenvalue weighted by molar-refractivity contribution is 7.88. The average Bonchev–Trinajstić information content (AvgIpc) is 2.39. The van der Waals surface area contributed by atoms with Crippen molar-refractivity contribution in [1.29, 1.82) is 0 Å². The summed E-state index contributed by atoms with van der Waals surface area (Å²) in [5, 5.41) is 2.74. The van der Waals surface area contributed by atoms with E-state index in [1.807, 2.05) is 6.92 Å². The second-order valence-corrected chi connectivity index (χ2v) is 7.16. The second-order valence-electron chi connectivity index (χ2n) is 5.22. The number of rotatable bonds is 8. The van der Waals surface area contributed by atoms with E-state index in [9.17, 15) is 13.2 Å². The van der Waals surface area contributed by atoms with E-state index in [0.29, 0.717) is 12.3 Å². The highest BCUT2D eigenvalue weighted by atomic mass is 32.2. The molecule has 0 fully saturated rings. The van der Waals surface area contributed by atoms with Crippen LogP contribution in [0.15, 0.2) is 24.3 Å². The fourth-order valence-corrected chi connectivity index (χ4v) is 3.23. The van der Waals surface area contributed by atoms with Gasteiger partial charge in [-0.1, -0.05) is 0 Å². The van der Waals surface area contributed by atoms with Gasteiger partial charge in [0.25, 0.3) is 0 Å². The molecule has 1 N–H and O–H groups in total. The first-order chi connectivity index (χ1) is 10.2. The third-order valence-corrected chi connectivity index (χ3v) is 4.47. The zero-order valence-electron chi connectivity index (χ0n) is 13.5. The molecule has 6 nitrogen and oxygen atoms in total. The van der Waals surface area contributed by atoms with Gasteiger partial charge in [0.15, 0.2) is 0 Å². The Balaban J connectivity index is 2.55. The molecule has 0 atom stereocenters. The van der Waals surface area contributed by atoms with Crippen molar-refractivity contribution in [2.75, 3.05) is 24.7 Å². The van der Waals surface area contributed by atoms with Gasteiger partial charge in [0, 0.05) is 24.7 Å². The smallest absolute Gasteiger partial charge is 0.225 e. The number of ether oxygens (including phenoxy) is 1. The number of sulfonamides is 1. The third-order valence-electron chi connectivity index (χ3n) is 3.01. The van der Waals surface area contributed by atoms with E-state index < -0.39 is 10.0 Å². The van der Waals surface area contributed by atoms with Crippen LogP contribution in [0.3, 0.4) is 0 Å². The first kappa shape index (κ1) is 18.4. The molecule has 0 spiro atoms. The Labute approximate surface area is 132 Å². The summed E-state index contributed by atoms with van der Waals surface area (Å²) in [5.41, 5.74) is 0.656. The molecule has 1 rings (SSSR count). The Morgan fingerprint density at radius 1 is 1.27 bits per heavy atom. The minimum absolute atomic E-state index is 0.110. The number of nitrogens with zero attached hydrogens (tertiary/aromatic N) is 1. The molecule has 1 aromatic carbocycles. The topological polar surface area (TPSA) is 75.7 Å². The molecule has 0 aliphatic carbocycles. The summed E-state index contributed by atoms with van der Waals surface area (Å²) in [5.74, 6) is 0.516. The van der Waals surface area contributed by atoms with Crippen LogP contribution in [0, 0.1) is 0 Å². The number of carbonyl (C=O) groups excluding carboxylic acids is 1. The van der Waals surface area contributed by atoms with Crippen LogP contribution in [0.25, 0.3) is 0 Å². The molecule has 1 aromatic rings. The first-order valence-corrected chi connectivity index (χ1v) is 9.08. The van der Waals surface area contributed by atoms with Gasteiger partial charge in [0.2, 0.25) is 15.9 Å². The zero-order valence-corrected chi connectivity index (χ0v) is 14.3. The van der Waals surface area contributed by atoms with Crippen LogP contribution in [-0.4, -0.2) is 44.1 Å². The number of amides is 1. The van der Waals surface area contributed by atoms with Gasteiger partial charge in [0.1, 0.15) is 5.75 Å². The fraction of sp³-hybridized carbons (Fsp3) is 0.533. The summed E-state index contributed by atoms with van der Waals surface area (Å²) in [6.07, 6.45) is 1.26. The monoisotopic (exact) mass is 328 g/mol. The Morgan fingerprint density at radius 3 is 2.32 bits per heavy atom. The van der Waals surface area contributed by atoms with Gasteiger partial charge >= 0.3 is 0 Å². The highest BCUT2D eigenvalue weighted by Gasteiger charge is 2.20. The number of anilines is 1. The van der Waals surface area contributed by atoms with Crippen molar-refractivity contribution in [2.45, 2.75) is 33.2 Å². The van der Waals surface area contributed by atoms with Crippen molar-refractivity contribution in [3.8, 4) is 5.75 Å². The van der Waals surface area contributed by atoms with E-state index in [2.05, 4.69) is 5.32 Å². The Hall–Kier alpha value is -1.60. The minimum Gasteiger partial charge on any atom is -0.494 e. The van der Waals surface area contributed by atoms with Crippen molar-refractivity contribution in [3.63, 3.8) is 0 Å². The van der Waals surface area contributed by atoms with Crippen molar-refractivity contribution in [1.82, 2.24) is 4.31 Å². The lowest BCUT2D eigenvalue weighted by Crippen LogP contribution is -2.38. The van der Waals surface area contributed by atoms with Crippen molar-refractivity contribution in [3.05, 3.63) is 24.3 Å². The molecule has 1 amide bonds. The van der Waals surface area contributed by atoms with E-state index in [0.717, 1.165) is 12.0 Å². The number of carbonyl (C=O) groups is 1. The summed E-state index contributed by atoms with van der Waals surface area (Å²) >= 11 is 0. The lowest BCUT2D eigenvalue weighted by molar-refractivity contribution is -0.116. The van der Waals surface area contributed by atoms with Gasteiger partial charge < -0.3 is 10.1 Å². The Bertz CT molecular complexity index is 582. The summed E-state index contributed by atoms with van der Waals surface area (Å²) in [6, 6.07) is 6.87. The summed E-state index contributed by atoms with van der Waals surface area (Å²) in [6.45, 7) is 6.22. The molecule has 0 saturated carbocycles. The van der Waals surface area contributed by atoms with E-state index in [-0.39, 0.29) is 24.9 Å². The number of hydrogen-bond donors (Lipinski definition) is 1. The highest BCUT2D eigenvalue weighted by Crippen LogP contribution is 2.16. The van der Waals surface area contributed by atoms with Crippen LogP contribution in [0.1, 0.15) is 27.2 Å². The number of hydrogen-bond acceptors (Lipinski definition) is 4. The van der Waals surface area contributed by atoms with Crippen LogP contribution >= 0.6 is 0 Å². The molecule has 22 heavy (non-hydrogen) atoms. The van der Waals surface area contributed by atoms with E-state index in [1.54, 1.807) is 38.1 Å². The normalized spacial score (nSPS) is 11.7. The largest absolute Gasteiger partial charge is 0.494 e. The van der Waals surface area contributed by atoms with Gasteiger partial charge in [-0.05, 0) is 45.0 Å². The molecule has 0 bridgehead atoms. The molecule has 124 valence electrons. The van der Waals surface area contributed by atoms with Crippen molar-refractivity contribution in [2.24, 2.45) is 0 Å². The summed E-state index contributed by atoms with van der Waals surface area (Å²) in [7, 11) is -3.31. The van der Waals surface area contributed by atoms with E-state index in [1.165, 1.54) is 4.31 Å². The van der Waals surface area contributed by atoms with Gasteiger partial charge in [0.05, 0.1) is 12.9 Å². The molecule has 7 heteroatoms. The molecule has 0 heterocycles. The van der Waals surface area contributed by atoms with Gasteiger partial charge in [-0.25, -0.2) is 8.42 Å². The minimum atomic E-state index is -3.31. The number of nitrogens with one attached hydrogen (secondary N) is 1. The average molecular weight is 328 g/mol. The Kier molecular flexibility index (Phi) is 6.83. The van der Waals surface area contributed by atoms with E-state index in [4.69, 9.17) is 4.74 Å². The molecule has 0 aliphatic rings. The lowest BCUT2D eigenvalue weighted by atomic mass is 10.3. The standard InChI is InChI=1S/C15H24N2O4S/c1-5-21-14-8-6-13(7-9-14)16-15(18)10-11-17(12(2)3)22(4,19)20/h6-9,12H,5,10-11H2,1-4H3,(H,16,18). The maximum Gasteiger partial charge on any atom is 0.225 e. The molecule has 0 unspecified atom stereocenters.